The first-order valence-electron chi connectivity index (χ1n) is 5.92. The predicted octanol–water partition coefficient (Wildman–Crippen LogP) is 3.13. The quantitative estimate of drug-likeness (QED) is 0.901. The molecule has 0 saturated carbocycles. The molecule has 1 atom stereocenters. The van der Waals surface area contributed by atoms with Gasteiger partial charge in [0.15, 0.2) is 0 Å². The van der Waals surface area contributed by atoms with Crippen LogP contribution in [0.25, 0.3) is 0 Å². The summed E-state index contributed by atoms with van der Waals surface area (Å²) in [6, 6.07) is 7.93. The van der Waals surface area contributed by atoms with Crippen molar-refractivity contribution in [3.8, 4) is 5.75 Å². The molecule has 1 N–H and O–H groups in total. The van der Waals surface area contributed by atoms with Crippen molar-refractivity contribution in [2.75, 3.05) is 7.11 Å². The molecule has 0 saturated heterocycles. The van der Waals surface area contributed by atoms with Crippen molar-refractivity contribution in [2.24, 2.45) is 0 Å². The van der Waals surface area contributed by atoms with Crippen LogP contribution >= 0.6 is 11.3 Å². The van der Waals surface area contributed by atoms with Gasteiger partial charge >= 0.3 is 0 Å². The Kier molecular flexibility index (Phi) is 4.33. The third-order valence-electron chi connectivity index (χ3n) is 2.84. The second-order valence-electron chi connectivity index (χ2n) is 4.19. The Morgan fingerprint density at radius 1 is 1.33 bits per heavy atom. The number of benzene rings is 1. The first-order valence-corrected chi connectivity index (χ1v) is 6.80. The molecule has 2 rings (SSSR count). The van der Waals surface area contributed by atoms with Gasteiger partial charge in [-0.25, -0.2) is 4.98 Å². The third-order valence-corrected chi connectivity index (χ3v) is 3.64. The van der Waals surface area contributed by atoms with Crippen LogP contribution in [0.1, 0.15) is 28.8 Å². The molecule has 0 radical (unpaired) electrons. The minimum Gasteiger partial charge on any atom is -0.497 e. The highest BCUT2D eigenvalue weighted by atomic mass is 32.1. The highest BCUT2D eigenvalue weighted by Gasteiger charge is 2.10. The summed E-state index contributed by atoms with van der Waals surface area (Å²) in [5.74, 6) is 0.856. The van der Waals surface area contributed by atoms with Crippen LogP contribution in [0.5, 0.6) is 5.75 Å². The van der Waals surface area contributed by atoms with Crippen LogP contribution in [0.15, 0.2) is 29.6 Å². The summed E-state index contributed by atoms with van der Waals surface area (Å²) >= 11 is 1.57. The molecule has 0 bridgehead atoms. The fourth-order valence-corrected chi connectivity index (χ4v) is 2.44. The molecule has 0 spiro atoms. The third kappa shape index (κ3) is 3.31. The Bertz CT molecular complexity index is 493. The Morgan fingerprint density at radius 3 is 2.61 bits per heavy atom. The van der Waals surface area contributed by atoms with Crippen LogP contribution in [0, 0.1) is 6.92 Å². The molecule has 0 aliphatic rings. The van der Waals surface area contributed by atoms with Crippen LogP contribution in [0.2, 0.25) is 0 Å². The maximum absolute atomic E-state index is 10.0. The van der Waals surface area contributed by atoms with E-state index in [0.717, 1.165) is 22.9 Å². The zero-order valence-corrected chi connectivity index (χ0v) is 11.4. The maximum atomic E-state index is 10.0. The van der Waals surface area contributed by atoms with E-state index >= 15 is 0 Å². The van der Waals surface area contributed by atoms with Gasteiger partial charge in [0.1, 0.15) is 5.75 Å². The van der Waals surface area contributed by atoms with E-state index in [-0.39, 0.29) is 0 Å². The first kappa shape index (κ1) is 13.1. The normalized spacial score (nSPS) is 12.4. The highest BCUT2D eigenvalue weighted by molar-refractivity contribution is 7.09. The van der Waals surface area contributed by atoms with E-state index in [2.05, 4.69) is 4.98 Å². The number of methoxy groups -OCH3 is 1. The summed E-state index contributed by atoms with van der Waals surface area (Å²) in [5.41, 5.74) is 1.98. The minimum atomic E-state index is -0.475. The van der Waals surface area contributed by atoms with Gasteiger partial charge in [0, 0.05) is 5.38 Å². The molecule has 1 unspecified atom stereocenters. The molecular weight excluding hydrogens is 246 g/mol. The molecule has 1 aromatic carbocycles. The number of rotatable bonds is 5. The minimum absolute atomic E-state index is 0.475. The maximum Gasteiger partial charge on any atom is 0.118 e. The van der Waals surface area contributed by atoms with Gasteiger partial charge in [-0.2, -0.15) is 0 Å². The van der Waals surface area contributed by atoms with Crippen molar-refractivity contribution in [3.05, 3.63) is 45.9 Å². The van der Waals surface area contributed by atoms with E-state index < -0.39 is 6.10 Å². The van der Waals surface area contributed by atoms with Gasteiger partial charge in [-0.1, -0.05) is 12.1 Å². The molecule has 1 heterocycles. The smallest absolute Gasteiger partial charge is 0.118 e. The number of aromatic nitrogens is 1. The van der Waals surface area contributed by atoms with Crippen LogP contribution in [-0.2, 0) is 6.42 Å². The molecule has 2 aromatic rings. The van der Waals surface area contributed by atoms with E-state index in [9.17, 15) is 5.11 Å². The molecular formula is C14H17NO2S. The Morgan fingerprint density at radius 2 is 2.06 bits per heavy atom. The highest BCUT2D eigenvalue weighted by Crippen LogP contribution is 2.21. The van der Waals surface area contributed by atoms with Gasteiger partial charge in [-0.15, -0.1) is 11.3 Å². The van der Waals surface area contributed by atoms with Crippen LogP contribution in [0.4, 0.5) is 0 Å². The van der Waals surface area contributed by atoms with E-state index in [0.29, 0.717) is 6.42 Å². The zero-order valence-electron chi connectivity index (χ0n) is 10.6. The fourth-order valence-electron chi connectivity index (χ4n) is 1.78. The van der Waals surface area contributed by atoms with Gasteiger partial charge < -0.3 is 9.84 Å². The van der Waals surface area contributed by atoms with Crippen molar-refractivity contribution in [3.63, 3.8) is 0 Å². The SMILES string of the molecule is COc1ccc(CCC(O)c2csc(C)n2)cc1. The van der Waals surface area contributed by atoms with Crippen LogP contribution in [0.3, 0.4) is 0 Å². The lowest BCUT2D eigenvalue weighted by molar-refractivity contribution is 0.163. The van der Waals surface area contributed by atoms with Crippen molar-refractivity contribution >= 4 is 11.3 Å². The van der Waals surface area contributed by atoms with E-state index in [4.69, 9.17) is 4.74 Å². The second kappa shape index (κ2) is 5.98. The summed E-state index contributed by atoms with van der Waals surface area (Å²) in [6.45, 7) is 1.95. The van der Waals surface area contributed by atoms with Gasteiger partial charge in [0.25, 0.3) is 0 Å². The molecule has 0 aliphatic heterocycles. The molecule has 3 nitrogen and oxygen atoms in total. The Hall–Kier alpha value is -1.39. The summed E-state index contributed by atoms with van der Waals surface area (Å²) in [4.78, 5) is 4.30. The van der Waals surface area contributed by atoms with Crippen molar-refractivity contribution in [2.45, 2.75) is 25.9 Å². The van der Waals surface area contributed by atoms with Gasteiger partial charge in [0.05, 0.1) is 23.9 Å². The number of aliphatic hydroxyl groups excluding tert-OH is 1. The molecule has 4 heteroatoms. The lowest BCUT2D eigenvalue weighted by Crippen LogP contribution is -2.00. The largest absolute Gasteiger partial charge is 0.497 e. The van der Waals surface area contributed by atoms with Crippen molar-refractivity contribution in [1.29, 1.82) is 0 Å². The lowest BCUT2D eigenvalue weighted by atomic mass is 10.1. The first-order chi connectivity index (χ1) is 8.69. The average Bonchev–Trinajstić information content (AvgIpc) is 2.83. The summed E-state index contributed by atoms with van der Waals surface area (Å²) in [5, 5.41) is 12.9. The lowest BCUT2D eigenvalue weighted by Gasteiger charge is -2.08. The molecule has 0 fully saturated rings. The Balaban J connectivity index is 1.90. The predicted molar refractivity (Wildman–Crippen MR) is 73.1 cm³/mol. The van der Waals surface area contributed by atoms with Gasteiger partial charge in [-0.05, 0) is 37.5 Å². The van der Waals surface area contributed by atoms with Crippen molar-refractivity contribution < 1.29 is 9.84 Å². The van der Waals surface area contributed by atoms with Gasteiger partial charge in [0.2, 0.25) is 0 Å². The van der Waals surface area contributed by atoms with E-state index in [1.54, 1.807) is 18.4 Å². The topological polar surface area (TPSA) is 42.4 Å². The fraction of sp³-hybridized carbons (Fsp3) is 0.357. The Labute approximate surface area is 111 Å². The number of nitrogens with zero attached hydrogens (tertiary/aromatic N) is 1. The summed E-state index contributed by atoms with van der Waals surface area (Å²) < 4.78 is 5.11. The molecule has 1 aromatic heterocycles. The molecule has 0 aliphatic carbocycles. The number of ether oxygens (including phenoxy) is 1. The van der Waals surface area contributed by atoms with E-state index in [1.165, 1.54) is 5.56 Å². The molecule has 0 amide bonds. The zero-order chi connectivity index (χ0) is 13.0. The number of aryl methyl sites for hydroxylation is 2. The van der Waals surface area contributed by atoms with Crippen LogP contribution < -0.4 is 4.74 Å². The number of hydrogen-bond donors (Lipinski definition) is 1. The number of thiazole rings is 1. The number of aliphatic hydroxyl groups is 1. The molecule has 96 valence electrons. The molecule has 18 heavy (non-hydrogen) atoms. The average molecular weight is 263 g/mol. The summed E-state index contributed by atoms with van der Waals surface area (Å²) in [7, 11) is 1.66. The van der Waals surface area contributed by atoms with Crippen molar-refractivity contribution in [1.82, 2.24) is 4.98 Å². The summed E-state index contributed by atoms with van der Waals surface area (Å²) in [6.07, 6.45) is 1.05. The number of hydrogen-bond acceptors (Lipinski definition) is 4. The standard InChI is InChI=1S/C14H17NO2S/c1-10-15-13(9-18-10)14(16)8-5-11-3-6-12(17-2)7-4-11/h3-4,6-7,9,14,16H,5,8H2,1-2H3. The van der Waals surface area contributed by atoms with E-state index in [1.807, 2.05) is 36.6 Å². The van der Waals surface area contributed by atoms with Crippen LogP contribution in [-0.4, -0.2) is 17.2 Å². The second-order valence-corrected chi connectivity index (χ2v) is 5.26. The monoisotopic (exact) mass is 263 g/mol. The van der Waals surface area contributed by atoms with Gasteiger partial charge in [-0.3, -0.25) is 0 Å².